The highest BCUT2D eigenvalue weighted by Gasteiger charge is 2.23. The maximum Gasteiger partial charge on any atom is 0.326 e. The standard InChI is InChI=1S/C17H10Br2Cl2N2O3/c18-11-3-8(5-14-16(24)23-17(25)22-14)4-12(19)15(11)26-7-9-1-2-10(20)6-13(9)21/h1-6H,7H2,(H2,22,23,24,25)/b14-5+. The summed E-state index contributed by atoms with van der Waals surface area (Å²) in [5, 5.41) is 5.66. The largest absolute Gasteiger partial charge is 0.486 e. The first-order chi connectivity index (χ1) is 12.3. The molecule has 0 saturated carbocycles. The van der Waals surface area contributed by atoms with E-state index in [9.17, 15) is 9.59 Å². The molecule has 1 heterocycles. The normalized spacial score (nSPS) is 15.2. The molecule has 5 nitrogen and oxygen atoms in total. The minimum Gasteiger partial charge on any atom is -0.486 e. The predicted octanol–water partition coefficient (Wildman–Crippen LogP) is 5.28. The molecule has 2 N–H and O–H groups in total. The summed E-state index contributed by atoms with van der Waals surface area (Å²) in [5.74, 6) is 0.109. The Morgan fingerprint density at radius 3 is 2.31 bits per heavy atom. The van der Waals surface area contributed by atoms with Gasteiger partial charge in [0.25, 0.3) is 5.91 Å². The number of halogens is 4. The molecule has 1 aliphatic rings. The summed E-state index contributed by atoms with van der Waals surface area (Å²) >= 11 is 18.9. The molecule has 0 unspecified atom stereocenters. The van der Waals surface area contributed by atoms with Crippen LogP contribution in [0.4, 0.5) is 4.79 Å². The molecule has 1 saturated heterocycles. The van der Waals surface area contributed by atoms with Crippen LogP contribution in [0.2, 0.25) is 10.0 Å². The van der Waals surface area contributed by atoms with Gasteiger partial charge in [-0.25, -0.2) is 4.79 Å². The van der Waals surface area contributed by atoms with Crippen molar-refractivity contribution in [3.63, 3.8) is 0 Å². The lowest BCUT2D eigenvalue weighted by Crippen LogP contribution is -2.22. The zero-order valence-electron chi connectivity index (χ0n) is 12.9. The molecule has 3 amide bonds. The van der Waals surface area contributed by atoms with Crippen molar-refractivity contribution >= 4 is 73.1 Å². The maximum absolute atomic E-state index is 11.6. The van der Waals surface area contributed by atoms with Crippen molar-refractivity contribution in [1.82, 2.24) is 10.6 Å². The second kappa shape index (κ2) is 8.00. The molecule has 1 aliphatic heterocycles. The molecule has 134 valence electrons. The highest BCUT2D eigenvalue weighted by atomic mass is 79.9. The summed E-state index contributed by atoms with van der Waals surface area (Å²) < 4.78 is 7.20. The highest BCUT2D eigenvalue weighted by Crippen LogP contribution is 2.36. The van der Waals surface area contributed by atoms with Crippen LogP contribution < -0.4 is 15.4 Å². The molecule has 9 heteroatoms. The summed E-state index contributed by atoms with van der Waals surface area (Å²) in [5.41, 5.74) is 1.68. The first-order valence-corrected chi connectivity index (χ1v) is 9.57. The minimum absolute atomic E-state index is 0.176. The van der Waals surface area contributed by atoms with E-state index < -0.39 is 11.9 Å². The van der Waals surface area contributed by atoms with Gasteiger partial charge in [-0.1, -0.05) is 29.3 Å². The van der Waals surface area contributed by atoms with Crippen LogP contribution in [0.25, 0.3) is 6.08 Å². The number of amides is 3. The Morgan fingerprint density at radius 1 is 1.04 bits per heavy atom. The Hall–Kier alpha value is -1.54. The molecule has 2 aromatic carbocycles. The molecule has 1 fully saturated rings. The lowest BCUT2D eigenvalue weighted by Gasteiger charge is -2.12. The van der Waals surface area contributed by atoms with Gasteiger partial charge in [0.15, 0.2) is 0 Å². The van der Waals surface area contributed by atoms with Crippen molar-refractivity contribution in [2.75, 3.05) is 0 Å². The minimum atomic E-state index is -0.542. The van der Waals surface area contributed by atoms with Gasteiger partial charge in [0.2, 0.25) is 0 Å². The molecule has 0 aliphatic carbocycles. The van der Waals surface area contributed by atoms with Gasteiger partial charge in [0.1, 0.15) is 18.1 Å². The van der Waals surface area contributed by atoms with Gasteiger partial charge in [0.05, 0.1) is 8.95 Å². The number of urea groups is 1. The van der Waals surface area contributed by atoms with E-state index in [1.54, 1.807) is 36.4 Å². The molecular weight excluding hydrogens is 511 g/mol. The Bertz CT molecular complexity index is 925. The summed E-state index contributed by atoms with van der Waals surface area (Å²) in [6.45, 7) is 0.256. The van der Waals surface area contributed by atoms with Crippen molar-refractivity contribution in [3.05, 3.63) is 66.1 Å². The average Bonchev–Trinajstić information content (AvgIpc) is 2.86. The van der Waals surface area contributed by atoms with Gasteiger partial charge < -0.3 is 10.1 Å². The molecule has 0 radical (unpaired) electrons. The van der Waals surface area contributed by atoms with Crippen LogP contribution in [-0.2, 0) is 11.4 Å². The molecule has 26 heavy (non-hydrogen) atoms. The van der Waals surface area contributed by atoms with Crippen LogP contribution in [0.1, 0.15) is 11.1 Å². The van der Waals surface area contributed by atoms with Gasteiger partial charge in [-0.3, -0.25) is 10.1 Å². The lowest BCUT2D eigenvalue weighted by atomic mass is 10.2. The van der Waals surface area contributed by atoms with E-state index in [0.29, 0.717) is 30.3 Å². The third kappa shape index (κ3) is 4.40. The smallest absolute Gasteiger partial charge is 0.326 e. The zero-order chi connectivity index (χ0) is 18.8. The Balaban J connectivity index is 1.80. The van der Waals surface area contributed by atoms with Crippen LogP contribution in [-0.4, -0.2) is 11.9 Å². The third-order valence-electron chi connectivity index (χ3n) is 3.44. The molecule has 0 bridgehead atoms. The molecule has 2 aromatic rings. The fraction of sp³-hybridized carbons (Fsp3) is 0.0588. The summed E-state index contributed by atoms with van der Waals surface area (Å²) in [7, 11) is 0. The number of hydrogen-bond acceptors (Lipinski definition) is 3. The van der Waals surface area contributed by atoms with Crippen LogP contribution in [0.3, 0.4) is 0 Å². The van der Waals surface area contributed by atoms with E-state index in [0.717, 1.165) is 5.56 Å². The second-order valence-electron chi connectivity index (χ2n) is 5.30. The molecular formula is C17H10Br2Cl2N2O3. The summed E-state index contributed by atoms with van der Waals surface area (Å²) in [4.78, 5) is 22.8. The Morgan fingerprint density at radius 2 is 1.73 bits per heavy atom. The maximum atomic E-state index is 11.6. The Kier molecular flexibility index (Phi) is 5.92. The fourth-order valence-corrected chi connectivity index (χ4v) is 4.15. The van der Waals surface area contributed by atoms with E-state index >= 15 is 0 Å². The van der Waals surface area contributed by atoms with Crippen molar-refractivity contribution in [2.24, 2.45) is 0 Å². The first-order valence-electron chi connectivity index (χ1n) is 7.23. The van der Waals surface area contributed by atoms with Crippen LogP contribution >= 0.6 is 55.1 Å². The number of rotatable bonds is 4. The SMILES string of the molecule is O=C1NC(=O)/C(=C\c2cc(Br)c(OCc3ccc(Cl)cc3Cl)c(Br)c2)N1. The van der Waals surface area contributed by atoms with Crippen LogP contribution in [0, 0.1) is 0 Å². The quantitative estimate of drug-likeness (QED) is 0.426. The number of ether oxygens (including phenoxy) is 1. The fourth-order valence-electron chi connectivity index (χ4n) is 2.24. The summed E-state index contributed by atoms with van der Waals surface area (Å²) in [6.07, 6.45) is 1.57. The van der Waals surface area contributed by atoms with Gasteiger partial charge in [-0.15, -0.1) is 0 Å². The van der Waals surface area contributed by atoms with E-state index in [2.05, 4.69) is 42.5 Å². The van der Waals surface area contributed by atoms with Crippen LogP contribution in [0.15, 0.2) is 45.0 Å². The molecule has 0 aromatic heterocycles. The second-order valence-corrected chi connectivity index (χ2v) is 7.86. The van der Waals surface area contributed by atoms with Gasteiger partial charge in [-0.05, 0) is 67.8 Å². The molecule has 0 atom stereocenters. The molecule has 0 spiro atoms. The lowest BCUT2D eigenvalue weighted by molar-refractivity contribution is -0.115. The molecule has 3 rings (SSSR count). The topological polar surface area (TPSA) is 67.4 Å². The monoisotopic (exact) mass is 518 g/mol. The first kappa shape index (κ1) is 19.2. The third-order valence-corrected chi connectivity index (χ3v) is 5.20. The van der Waals surface area contributed by atoms with Crippen molar-refractivity contribution < 1.29 is 14.3 Å². The summed E-state index contributed by atoms with van der Waals surface area (Å²) in [6, 6.07) is 8.20. The van der Waals surface area contributed by atoms with Crippen molar-refractivity contribution in [2.45, 2.75) is 6.61 Å². The predicted molar refractivity (Wildman–Crippen MR) is 107 cm³/mol. The van der Waals surface area contributed by atoms with E-state index in [4.69, 9.17) is 27.9 Å². The van der Waals surface area contributed by atoms with Crippen molar-refractivity contribution in [1.29, 1.82) is 0 Å². The van der Waals surface area contributed by atoms with E-state index in [1.165, 1.54) is 0 Å². The van der Waals surface area contributed by atoms with Gasteiger partial charge >= 0.3 is 6.03 Å². The number of nitrogens with one attached hydrogen (secondary N) is 2. The average molecular weight is 521 g/mol. The van der Waals surface area contributed by atoms with E-state index in [1.807, 2.05) is 0 Å². The van der Waals surface area contributed by atoms with Crippen LogP contribution in [0.5, 0.6) is 5.75 Å². The number of hydrogen-bond donors (Lipinski definition) is 2. The van der Waals surface area contributed by atoms with Gasteiger partial charge in [0, 0.05) is 15.6 Å². The number of imide groups is 1. The van der Waals surface area contributed by atoms with E-state index in [-0.39, 0.29) is 12.3 Å². The number of benzene rings is 2. The van der Waals surface area contributed by atoms with Crippen molar-refractivity contribution in [3.8, 4) is 5.75 Å². The number of carbonyl (C=O) groups excluding carboxylic acids is 2. The highest BCUT2D eigenvalue weighted by molar-refractivity contribution is 9.11. The number of carbonyl (C=O) groups is 2. The van der Waals surface area contributed by atoms with Gasteiger partial charge in [-0.2, -0.15) is 0 Å². The Labute approximate surface area is 175 Å². The zero-order valence-corrected chi connectivity index (χ0v) is 17.6.